The summed E-state index contributed by atoms with van der Waals surface area (Å²) in [5.41, 5.74) is 7.94. The van der Waals surface area contributed by atoms with Crippen molar-refractivity contribution >= 4 is 17.1 Å². The fourth-order valence-corrected chi connectivity index (χ4v) is 4.52. The van der Waals surface area contributed by atoms with Gasteiger partial charge in [0, 0.05) is 24.0 Å². The third kappa shape index (κ3) is 3.59. The van der Waals surface area contributed by atoms with Gasteiger partial charge in [0.15, 0.2) is 5.65 Å². The van der Waals surface area contributed by atoms with E-state index < -0.39 is 5.97 Å². The molecule has 1 saturated heterocycles. The summed E-state index contributed by atoms with van der Waals surface area (Å²) < 4.78 is 1.99. The van der Waals surface area contributed by atoms with Crippen LogP contribution in [0.4, 0.5) is 0 Å². The molecule has 0 amide bonds. The SMILES string of the molecule is Cc1cc(C)cc(-c2cnc3ccn(-c4ccc(C(=O)O)c(C5CCNC5)c4)c3n2)c1. The van der Waals surface area contributed by atoms with Crippen LogP contribution in [0.3, 0.4) is 0 Å². The van der Waals surface area contributed by atoms with Crippen molar-refractivity contribution in [1.29, 1.82) is 0 Å². The molecule has 3 heterocycles. The molecule has 0 radical (unpaired) electrons. The molecule has 6 nitrogen and oxygen atoms in total. The number of carboxylic acid groups (broad SMARTS) is 1. The molecule has 2 aromatic heterocycles. The average molecular weight is 412 g/mol. The Kier molecular flexibility index (Phi) is 4.79. The van der Waals surface area contributed by atoms with Crippen LogP contribution in [0.15, 0.2) is 54.9 Å². The number of carbonyl (C=O) groups is 1. The summed E-state index contributed by atoms with van der Waals surface area (Å²) in [6, 6.07) is 13.9. The highest BCUT2D eigenvalue weighted by molar-refractivity contribution is 5.90. The number of hydrogen-bond acceptors (Lipinski definition) is 4. The topological polar surface area (TPSA) is 80.0 Å². The molecule has 0 aliphatic carbocycles. The van der Waals surface area contributed by atoms with Crippen LogP contribution in [0, 0.1) is 13.8 Å². The Morgan fingerprint density at radius 3 is 2.65 bits per heavy atom. The lowest BCUT2D eigenvalue weighted by molar-refractivity contribution is 0.0695. The Morgan fingerprint density at radius 2 is 1.94 bits per heavy atom. The predicted octanol–water partition coefficient (Wildman–Crippen LogP) is 4.48. The van der Waals surface area contributed by atoms with E-state index in [0.29, 0.717) is 5.56 Å². The van der Waals surface area contributed by atoms with Crippen LogP contribution < -0.4 is 5.32 Å². The fraction of sp³-hybridized carbons (Fsp3) is 0.240. The lowest BCUT2D eigenvalue weighted by atomic mass is 9.93. The lowest BCUT2D eigenvalue weighted by Gasteiger charge is -2.15. The Bertz CT molecular complexity index is 1280. The molecule has 6 heteroatoms. The van der Waals surface area contributed by atoms with Crippen LogP contribution in [0.25, 0.3) is 28.1 Å². The van der Waals surface area contributed by atoms with Crippen molar-refractivity contribution in [3.63, 3.8) is 0 Å². The Balaban J connectivity index is 1.63. The van der Waals surface area contributed by atoms with Gasteiger partial charge in [-0.3, -0.25) is 9.55 Å². The van der Waals surface area contributed by atoms with E-state index in [2.05, 4.69) is 42.3 Å². The van der Waals surface area contributed by atoms with Crippen molar-refractivity contribution in [2.75, 3.05) is 13.1 Å². The van der Waals surface area contributed by atoms with Crippen molar-refractivity contribution in [2.24, 2.45) is 0 Å². The highest BCUT2D eigenvalue weighted by atomic mass is 16.4. The van der Waals surface area contributed by atoms with Gasteiger partial charge >= 0.3 is 5.97 Å². The maximum atomic E-state index is 11.8. The van der Waals surface area contributed by atoms with E-state index in [1.54, 1.807) is 6.07 Å². The molecule has 0 saturated carbocycles. The minimum absolute atomic E-state index is 0.199. The number of aromatic nitrogens is 3. The smallest absolute Gasteiger partial charge is 0.335 e. The highest BCUT2D eigenvalue weighted by Crippen LogP contribution is 2.30. The first-order valence-corrected chi connectivity index (χ1v) is 10.5. The summed E-state index contributed by atoms with van der Waals surface area (Å²) in [4.78, 5) is 21.3. The van der Waals surface area contributed by atoms with Crippen LogP contribution in [0.1, 0.15) is 39.4 Å². The maximum Gasteiger partial charge on any atom is 0.335 e. The molecule has 0 spiro atoms. The number of nitrogens with zero attached hydrogens (tertiary/aromatic N) is 3. The highest BCUT2D eigenvalue weighted by Gasteiger charge is 2.23. The van der Waals surface area contributed by atoms with Gasteiger partial charge in [0.1, 0.15) is 5.52 Å². The molecular weight excluding hydrogens is 388 g/mol. The Hall–Kier alpha value is -3.51. The number of hydrogen-bond donors (Lipinski definition) is 2. The quantitative estimate of drug-likeness (QED) is 0.517. The zero-order valence-electron chi connectivity index (χ0n) is 17.6. The van der Waals surface area contributed by atoms with Crippen LogP contribution in [-0.4, -0.2) is 38.7 Å². The molecule has 0 bridgehead atoms. The third-order valence-corrected chi connectivity index (χ3v) is 5.95. The molecule has 5 rings (SSSR count). The van der Waals surface area contributed by atoms with Crippen LogP contribution >= 0.6 is 0 Å². The van der Waals surface area contributed by atoms with E-state index in [1.807, 2.05) is 35.2 Å². The van der Waals surface area contributed by atoms with Crippen molar-refractivity contribution in [3.8, 4) is 16.9 Å². The first-order chi connectivity index (χ1) is 15.0. The number of fused-ring (bicyclic) bond motifs is 1. The van der Waals surface area contributed by atoms with Crippen molar-refractivity contribution < 1.29 is 9.90 Å². The zero-order valence-corrected chi connectivity index (χ0v) is 17.6. The summed E-state index contributed by atoms with van der Waals surface area (Å²) in [5, 5.41) is 13.0. The maximum absolute atomic E-state index is 11.8. The van der Waals surface area contributed by atoms with Gasteiger partial charge in [-0.25, -0.2) is 9.78 Å². The van der Waals surface area contributed by atoms with E-state index in [0.717, 1.165) is 53.2 Å². The second-order valence-corrected chi connectivity index (χ2v) is 8.29. The Morgan fingerprint density at radius 1 is 1.13 bits per heavy atom. The van der Waals surface area contributed by atoms with E-state index in [4.69, 9.17) is 4.98 Å². The van der Waals surface area contributed by atoms with Crippen LogP contribution in [0.2, 0.25) is 0 Å². The summed E-state index contributed by atoms with van der Waals surface area (Å²) >= 11 is 0. The second kappa shape index (κ2) is 7.63. The van der Waals surface area contributed by atoms with Crippen LogP contribution in [-0.2, 0) is 0 Å². The molecule has 1 unspecified atom stereocenters. The monoisotopic (exact) mass is 412 g/mol. The van der Waals surface area contributed by atoms with E-state index in [9.17, 15) is 9.90 Å². The molecule has 156 valence electrons. The number of carboxylic acids is 1. The summed E-state index contributed by atoms with van der Waals surface area (Å²) in [6.45, 7) is 5.86. The molecule has 2 aromatic carbocycles. The summed E-state index contributed by atoms with van der Waals surface area (Å²) in [6.07, 6.45) is 4.69. The summed E-state index contributed by atoms with van der Waals surface area (Å²) in [5.74, 6) is -0.687. The Labute approximate surface area is 180 Å². The first kappa shape index (κ1) is 19.5. The molecule has 31 heavy (non-hydrogen) atoms. The molecule has 1 atom stereocenters. The van der Waals surface area contributed by atoms with E-state index >= 15 is 0 Å². The number of aromatic carboxylic acids is 1. The largest absolute Gasteiger partial charge is 0.478 e. The number of benzene rings is 2. The fourth-order valence-electron chi connectivity index (χ4n) is 4.52. The third-order valence-electron chi connectivity index (χ3n) is 5.95. The molecule has 1 aliphatic heterocycles. The molecule has 1 aliphatic rings. The molecule has 2 N–H and O–H groups in total. The molecule has 4 aromatic rings. The van der Waals surface area contributed by atoms with Gasteiger partial charge in [-0.1, -0.05) is 17.2 Å². The number of aryl methyl sites for hydroxylation is 2. The molecule has 1 fully saturated rings. The van der Waals surface area contributed by atoms with Gasteiger partial charge in [0.2, 0.25) is 0 Å². The van der Waals surface area contributed by atoms with Gasteiger partial charge in [-0.2, -0.15) is 0 Å². The van der Waals surface area contributed by atoms with Gasteiger partial charge in [0.25, 0.3) is 0 Å². The molecular formula is C25H24N4O2. The van der Waals surface area contributed by atoms with Crippen molar-refractivity contribution in [3.05, 3.63) is 77.1 Å². The predicted molar refractivity (Wildman–Crippen MR) is 121 cm³/mol. The number of rotatable bonds is 4. The second-order valence-electron chi connectivity index (χ2n) is 8.29. The van der Waals surface area contributed by atoms with Crippen molar-refractivity contribution in [2.45, 2.75) is 26.2 Å². The van der Waals surface area contributed by atoms with Gasteiger partial charge in [-0.15, -0.1) is 0 Å². The standard InChI is InChI=1S/C25H24N4O2/c1-15-9-16(2)11-18(10-15)23-14-27-22-6-8-29(24(22)28-23)19-3-4-20(25(30)31)21(12-19)17-5-7-26-13-17/h3-4,6,8-12,14,17,26H,5,7,13H2,1-2H3,(H,30,31). The van der Waals surface area contributed by atoms with Crippen molar-refractivity contribution in [1.82, 2.24) is 19.9 Å². The minimum Gasteiger partial charge on any atom is -0.478 e. The van der Waals surface area contributed by atoms with Gasteiger partial charge in [0.05, 0.1) is 17.5 Å². The minimum atomic E-state index is -0.886. The van der Waals surface area contributed by atoms with Gasteiger partial charge < -0.3 is 10.4 Å². The van der Waals surface area contributed by atoms with E-state index in [1.165, 1.54) is 11.1 Å². The van der Waals surface area contributed by atoms with Gasteiger partial charge in [-0.05, 0) is 74.7 Å². The first-order valence-electron chi connectivity index (χ1n) is 10.5. The average Bonchev–Trinajstić information content (AvgIpc) is 3.42. The van der Waals surface area contributed by atoms with Crippen LogP contribution in [0.5, 0.6) is 0 Å². The zero-order chi connectivity index (χ0) is 21.5. The number of nitrogens with one attached hydrogen (secondary N) is 1. The normalized spacial score (nSPS) is 16.1. The summed E-state index contributed by atoms with van der Waals surface area (Å²) in [7, 11) is 0. The lowest BCUT2D eigenvalue weighted by Crippen LogP contribution is -2.12. The van der Waals surface area contributed by atoms with E-state index in [-0.39, 0.29) is 5.92 Å².